The summed E-state index contributed by atoms with van der Waals surface area (Å²) in [5.41, 5.74) is 0.914. The highest BCUT2D eigenvalue weighted by atomic mass is 16.5. The number of hydrogen-bond donors (Lipinski definition) is 0. The van der Waals surface area contributed by atoms with Gasteiger partial charge in [0, 0.05) is 10.8 Å². The minimum absolute atomic E-state index is 0.457. The van der Waals surface area contributed by atoms with Crippen LogP contribution in [-0.2, 0) is 9.47 Å². The fraction of sp³-hybridized carbons (Fsp3) is 1.00. The molecular weight excluding hydrogens is 140 g/mol. The second-order valence-corrected chi connectivity index (χ2v) is 4.78. The zero-order valence-electron chi connectivity index (χ0n) is 7.35. The van der Waals surface area contributed by atoms with Gasteiger partial charge < -0.3 is 9.47 Å². The molecule has 0 saturated carbocycles. The van der Waals surface area contributed by atoms with Crippen molar-refractivity contribution in [1.29, 1.82) is 0 Å². The van der Waals surface area contributed by atoms with Crippen molar-refractivity contribution in [1.82, 2.24) is 0 Å². The van der Waals surface area contributed by atoms with Crippen molar-refractivity contribution in [2.75, 3.05) is 26.4 Å². The van der Waals surface area contributed by atoms with Crippen molar-refractivity contribution >= 4 is 0 Å². The second-order valence-electron chi connectivity index (χ2n) is 4.78. The van der Waals surface area contributed by atoms with Crippen LogP contribution in [0.4, 0.5) is 0 Å². The van der Waals surface area contributed by atoms with Gasteiger partial charge in [-0.3, -0.25) is 0 Å². The normalized spacial score (nSPS) is 32.2. The van der Waals surface area contributed by atoms with Crippen molar-refractivity contribution in [3.8, 4) is 0 Å². The van der Waals surface area contributed by atoms with Crippen LogP contribution in [-0.4, -0.2) is 26.4 Å². The van der Waals surface area contributed by atoms with E-state index in [-0.39, 0.29) is 0 Å². The van der Waals surface area contributed by atoms with E-state index in [0.717, 1.165) is 26.4 Å². The molecule has 2 heterocycles. The highest BCUT2D eigenvalue weighted by molar-refractivity contribution is 4.91. The first kappa shape index (κ1) is 7.56. The van der Waals surface area contributed by atoms with Crippen molar-refractivity contribution in [2.45, 2.75) is 20.3 Å². The van der Waals surface area contributed by atoms with E-state index in [4.69, 9.17) is 9.47 Å². The van der Waals surface area contributed by atoms with E-state index in [1.54, 1.807) is 0 Å². The molecule has 2 fully saturated rings. The van der Waals surface area contributed by atoms with Gasteiger partial charge in [-0.2, -0.15) is 0 Å². The van der Waals surface area contributed by atoms with Gasteiger partial charge in [0.25, 0.3) is 0 Å². The molecule has 0 amide bonds. The third-order valence-electron chi connectivity index (χ3n) is 2.66. The van der Waals surface area contributed by atoms with Crippen molar-refractivity contribution < 1.29 is 9.47 Å². The first-order valence-corrected chi connectivity index (χ1v) is 4.28. The summed E-state index contributed by atoms with van der Waals surface area (Å²) in [5, 5.41) is 0. The molecule has 64 valence electrons. The Morgan fingerprint density at radius 1 is 0.909 bits per heavy atom. The van der Waals surface area contributed by atoms with Crippen LogP contribution in [0.15, 0.2) is 0 Å². The Kier molecular flexibility index (Phi) is 1.52. The van der Waals surface area contributed by atoms with Gasteiger partial charge in [0.15, 0.2) is 0 Å². The van der Waals surface area contributed by atoms with Crippen LogP contribution in [0.5, 0.6) is 0 Å². The van der Waals surface area contributed by atoms with Gasteiger partial charge in [-0.1, -0.05) is 13.8 Å². The number of rotatable bonds is 2. The van der Waals surface area contributed by atoms with Gasteiger partial charge in [-0.25, -0.2) is 0 Å². The zero-order valence-corrected chi connectivity index (χ0v) is 7.35. The maximum Gasteiger partial charge on any atom is 0.0542 e. The molecule has 0 aromatic carbocycles. The van der Waals surface area contributed by atoms with Gasteiger partial charge in [0.1, 0.15) is 0 Å². The van der Waals surface area contributed by atoms with E-state index >= 15 is 0 Å². The molecule has 0 N–H and O–H groups in total. The summed E-state index contributed by atoms with van der Waals surface area (Å²) in [7, 11) is 0. The number of ether oxygens (including phenoxy) is 2. The number of hydrogen-bond acceptors (Lipinski definition) is 2. The van der Waals surface area contributed by atoms with E-state index in [2.05, 4.69) is 13.8 Å². The average Bonchev–Trinajstić information content (AvgIpc) is 1.81. The highest BCUT2D eigenvalue weighted by Gasteiger charge is 2.44. The Morgan fingerprint density at radius 3 is 1.45 bits per heavy atom. The third-order valence-corrected chi connectivity index (χ3v) is 2.66. The van der Waals surface area contributed by atoms with Crippen LogP contribution in [0.25, 0.3) is 0 Å². The lowest BCUT2D eigenvalue weighted by atomic mass is 9.71. The quantitative estimate of drug-likeness (QED) is 0.602. The lowest BCUT2D eigenvalue weighted by Gasteiger charge is -2.48. The summed E-state index contributed by atoms with van der Waals surface area (Å²) >= 11 is 0. The summed E-state index contributed by atoms with van der Waals surface area (Å²) < 4.78 is 10.4. The van der Waals surface area contributed by atoms with Crippen molar-refractivity contribution in [3.63, 3.8) is 0 Å². The molecule has 0 aliphatic carbocycles. The van der Waals surface area contributed by atoms with Crippen LogP contribution in [0.1, 0.15) is 20.3 Å². The Bertz CT molecular complexity index is 139. The molecule has 0 unspecified atom stereocenters. The van der Waals surface area contributed by atoms with Crippen LogP contribution >= 0.6 is 0 Å². The van der Waals surface area contributed by atoms with E-state index in [0.29, 0.717) is 10.8 Å². The maximum absolute atomic E-state index is 5.21. The Balaban J connectivity index is 1.88. The molecule has 2 heteroatoms. The van der Waals surface area contributed by atoms with Crippen molar-refractivity contribution in [3.05, 3.63) is 0 Å². The predicted octanol–water partition coefficient (Wildman–Crippen LogP) is 1.45. The molecule has 2 rings (SSSR count). The Hall–Kier alpha value is -0.0800. The lowest BCUT2D eigenvalue weighted by Crippen LogP contribution is -2.50. The summed E-state index contributed by atoms with van der Waals surface area (Å²) in [5.74, 6) is 0. The first-order valence-electron chi connectivity index (χ1n) is 4.28. The standard InChI is InChI=1S/C9H16O2/c1-8(4-10-5-8)3-9(2)6-11-7-9/h3-7H2,1-2H3. The van der Waals surface area contributed by atoms with Gasteiger partial charge in [0.2, 0.25) is 0 Å². The smallest absolute Gasteiger partial charge is 0.0542 e. The maximum atomic E-state index is 5.21. The highest BCUT2D eigenvalue weighted by Crippen LogP contribution is 2.43. The minimum atomic E-state index is 0.457. The molecule has 11 heavy (non-hydrogen) atoms. The summed E-state index contributed by atoms with van der Waals surface area (Å²) in [6.45, 7) is 8.40. The average molecular weight is 156 g/mol. The van der Waals surface area contributed by atoms with E-state index in [1.807, 2.05) is 0 Å². The van der Waals surface area contributed by atoms with E-state index in [9.17, 15) is 0 Å². The molecule has 0 atom stereocenters. The Morgan fingerprint density at radius 2 is 1.27 bits per heavy atom. The lowest BCUT2D eigenvalue weighted by molar-refractivity contribution is -0.175. The molecule has 2 aliphatic rings. The largest absolute Gasteiger partial charge is 0.380 e. The first-order chi connectivity index (χ1) is 5.12. The molecule has 0 bridgehead atoms. The molecule has 0 spiro atoms. The summed E-state index contributed by atoms with van der Waals surface area (Å²) in [6.07, 6.45) is 1.26. The van der Waals surface area contributed by atoms with Crippen molar-refractivity contribution in [2.24, 2.45) is 10.8 Å². The molecule has 0 aromatic heterocycles. The van der Waals surface area contributed by atoms with E-state index in [1.165, 1.54) is 6.42 Å². The van der Waals surface area contributed by atoms with Crippen LogP contribution < -0.4 is 0 Å². The third kappa shape index (κ3) is 1.30. The van der Waals surface area contributed by atoms with Crippen LogP contribution in [0, 0.1) is 10.8 Å². The summed E-state index contributed by atoms with van der Waals surface area (Å²) in [6, 6.07) is 0. The molecule has 2 saturated heterocycles. The SMILES string of the molecule is CC1(CC2(C)COC2)COC1. The van der Waals surface area contributed by atoms with Crippen LogP contribution in [0.3, 0.4) is 0 Å². The van der Waals surface area contributed by atoms with Gasteiger partial charge in [0.05, 0.1) is 26.4 Å². The zero-order chi connectivity index (χ0) is 7.95. The molecule has 0 aromatic rings. The molecule has 0 radical (unpaired) electrons. The fourth-order valence-electron chi connectivity index (χ4n) is 2.14. The van der Waals surface area contributed by atoms with Gasteiger partial charge in [-0.05, 0) is 6.42 Å². The van der Waals surface area contributed by atoms with Crippen LogP contribution in [0.2, 0.25) is 0 Å². The summed E-state index contributed by atoms with van der Waals surface area (Å²) in [4.78, 5) is 0. The predicted molar refractivity (Wildman–Crippen MR) is 42.5 cm³/mol. The topological polar surface area (TPSA) is 18.5 Å². The van der Waals surface area contributed by atoms with Gasteiger partial charge >= 0.3 is 0 Å². The minimum Gasteiger partial charge on any atom is -0.380 e. The molecular formula is C9H16O2. The molecule has 2 aliphatic heterocycles. The monoisotopic (exact) mass is 156 g/mol. The fourth-order valence-corrected chi connectivity index (χ4v) is 2.14. The van der Waals surface area contributed by atoms with E-state index < -0.39 is 0 Å². The molecule has 2 nitrogen and oxygen atoms in total. The van der Waals surface area contributed by atoms with Gasteiger partial charge in [-0.15, -0.1) is 0 Å². The second kappa shape index (κ2) is 2.20. The Labute approximate surface area is 67.9 Å².